The van der Waals surface area contributed by atoms with E-state index in [2.05, 4.69) is 0 Å². The highest BCUT2D eigenvalue weighted by molar-refractivity contribution is 5.89. The second-order valence-electron chi connectivity index (χ2n) is 13.3. The van der Waals surface area contributed by atoms with E-state index in [9.17, 15) is 65.8 Å². The Hall–Kier alpha value is -5.88. The molecule has 21 nitrogen and oxygen atoms in total. The van der Waals surface area contributed by atoms with E-state index in [0.29, 0.717) is 5.56 Å². The van der Waals surface area contributed by atoms with Gasteiger partial charge in [-0.15, -0.1) is 0 Å². The number of hydrogen-bond donors (Lipinski definition) is 11. The van der Waals surface area contributed by atoms with Crippen LogP contribution in [0.4, 0.5) is 0 Å². The third-order valence-electron chi connectivity index (χ3n) is 9.48. The second kappa shape index (κ2) is 17.5. The minimum Gasteiger partial charge on any atom is -0.508 e. The first-order chi connectivity index (χ1) is 28.1. The fraction of sp³-hybridized carbons (Fsp3) is 0.368. The number of methoxy groups -OCH3 is 2. The molecule has 2 saturated heterocycles. The van der Waals surface area contributed by atoms with Gasteiger partial charge >= 0.3 is 5.97 Å². The van der Waals surface area contributed by atoms with Crippen LogP contribution >= 0.6 is 0 Å². The van der Waals surface area contributed by atoms with E-state index in [1.54, 1.807) is 0 Å². The summed E-state index contributed by atoms with van der Waals surface area (Å²) in [5.74, 6) is -4.89. The number of aromatic hydroxyl groups is 5. The van der Waals surface area contributed by atoms with Crippen LogP contribution in [0.1, 0.15) is 5.56 Å². The van der Waals surface area contributed by atoms with Crippen molar-refractivity contribution in [2.45, 2.75) is 61.4 Å². The highest BCUT2D eigenvalue weighted by atomic mass is 16.8. The van der Waals surface area contributed by atoms with Crippen LogP contribution in [0.2, 0.25) is 0 Å². The lowest BCUT2D eigenvalue weighted by molar-refractivity contribution is -0.358. The average molecular weight is 833 g/mol. The van der Waals surface area contributed by atoms with Crippen LogP contribution in [0, 0.1) is 0 Å². The van der Waals surface area contributed by atoms with Gasteiger partial charge in [-0.1, -0.05) is 0 Å². The number of carbonyl (C=O) groups is 1. The van der Waals surface area contributed by atoms with E-state index in [1.165, 1.54) is 38.5 Å². The van der Waals surface area contributed by atoms with Crippen molar-refractivity contribution in [3.8, 4) is 57.3 Å². The van der Waals surface area contributed by atoms with Gasteiger partial charge < -0.3 is 93.7 Å². The fourth-order valence-corrected chi connectivity index (χ4v) is 6.35. The summed E-state index contributed by atoms with van der Waals surface area (Å²) in [6.07, 6.45) is -16.9. The predicted molar refractivity (Wildman–Crippen MR) is 196 cm³/mol. The summed E-state index contributed by atoms with van der Waals surface area (Å²) < 4.78 is 44.2. The van der Waals surface area contributed by atoms with Crippen LogP contribution < -0.4 is 19.6 Å². The summed E-state index contributed by atoms with van der Waals surface area (Å²) in [5.41, 5.74) is -1.22. The molecule has 0 unspecified atom stereocenters. The maximum atomic E-state index is 14.0. The van der Waals surface area contributed by atoms with Crippen LogP contribution in [0.25, 0.3) is 28.4 Å². The number of aliphatic hydroxyl groups excluding tert-OH is 6. The van der Waals surface area contributed by atoms with E-state index in [0.717, 1.165) is 30.3 Å². The van der Waals surface area contributed by atoms with Crippen LogP contribution in [0.3, 0.4) is 0 Å². The molecule has 3 aromatic carbocycles. The van der Waals surface area contributed by atoms with Gasteiger partial charge in [0.1, 0.15) is 71.8 Å². The summed E-state index contributed by atoms with van der Waals surface area (Å²) >= 11 is 0. The quantitative estimate of drug-likeness (QED) is 0.0476. The van der Waals surface area contributed by atoms with E-state index >= 15 is 0 Å². The largest absolute Gasteiger partial charge is 0.508 e. The number of rotatable bonds is 12. The number of phenols is 5. The molecule has 0 amide bonds. The Labute approximate surface area is 331 Å². The van der Waals surface area contributed by atoms with Gasteiger partial charge in [-0.2, -0.15) is 0 Å². The molecular formula is C38H40O21. The normalized spacial score (nSPS) is 27.1. The number of fused-ring (bicyclic) bond motifs is 1. The van der Waals surface area contributed by atoms with Gasteiger partial charge in [-0.25, -0.2) is 4.79 Å². The maximum absolute atomic E-state index is 14.0. The topological polar surface area (TPSA) is 334 Å². The molecule has 0 radical (unpaired) electrons. The molecule has 0 aliphatic carbocycles. The maximum Gasteiger partial charge on any atom is 0.330 e. The average Bonchev–Trinajstić information content (AvgIpc) is 3.21. The molecule has 1 aromatic heterocycles. The highest BCUT2D eigenvalue weighted by Crippen LogP contribution is 2.41. The SMILES string of the molecule is COc1cc(/C=C/C(=O)OC[C@H]2O[C@@H](O[C@H]3[C@H](Oc4c(-c5ccc(O)c(O)c5)oc5cc(O)cc(O)c5c4=O)O[C@H](CO)[C@@H](O)[C@@H]3O)[C@H](O)[C@@H](O)[C@@H]2O)cc(OC)c1O. The van der Waals surface area contributed by atoms with Gasteiger partial charge in [-0.05, 0) is 42.0 Å². The Bertz CT molecular complexity index is 2230. The van der Waals surface area contributed by atoms with Crippen LogP contribution in [0.15, 0.2) is 57.8 Å². The molecule has 59 heavy (non-hydrogen) atoms. The highest BCUT2D eigenvalue weighted by Gasteiger charge is 2.52. The van der Waals surface area contributed by atoms with Crippen molar-refractivity contribution >= 4 is 23.0 Å². The van der Waals surface area contributed by atoms with E-state index < -0.39 is 126 Å². The third-order valence-corrected chi connectivity index (χ3v) is 9.48. The van der Waals surface area contributed by atoms with Gasteiger partial charge in [0.15, 0.2) is 41.2 Å². The van der Waals surface area contributed by atoms with Crippen molar-refractivity contribution in [1.82, 2.24) is 0 Å². The standard InChI is InChI=1S/C38H40O21/c1-52-21-7-14(8-22(53-2)27(21)45)3-6-25(44)54-13-24-29(47)31(49)33(51)37(57-24)59-36-32(50)28(46)23(12-39)56-38(36)58-35-30(48)26-19(43)10-16(40)11-20(26)55-34(35)15-4-5-17(41)18(42)9-15/h3-11,23-24,28-29,31-33,36-43,45-47,49-51H,12-13H2,1-2H3/b6-3+/t23-,24-,28-,29-,31+,32+,33-,36-,37+,38+/m1/s1. The molecule has 6 rings (SSSR count). The Kier molecular flexibility index (Phi) is 12.7. The van der Waals surface area contributed by atoms with Crippen molar-refractivity contribution in [3.05, 3.63) is 64.3 Å². The minimum absolute atomic E-state index is 0.0504. The molecule has 2 aliphatic heterocycles. The summed E-state index contributed by atoms with van der Waals surface area (Å²) in [6, 6.07) is 7.83. The number of hydrogen-bond acceptors (Lipinski definition) is 21. The molecule has 11 N–H and O–H groups in total. The number of carbonyl (C=O) groups excluding carboxylic acids is 1. The van der Waals surface area contributed by atoms with Crippen LogP contribution in [-0.4, -0.2) is 151 Å². The fourth-order valence-electron chi connectivity index (χ4n) is 6.35. The van der Waals surface area contributed by atoms with Crippen molar-refractivity contribution in [2.75, 3.05) is 27.4 Å². The van der Waals surface area contributed by atoms with Crippen molar-refractivity contribution < 1.29 is 98.5 Å². The van der Waals surface area contributed by atoms with Crippen molar-refractivity contribution in [3.63, 3.8) is 0 Å². The zero-order valence-electron chi connectivity index (χ0n) is 30.9. The predicted octanol–water partition coefficient (Wildman–Crippen LogP) is -0.728. The molecule has 10 atom stereocenters. The lowest BCUT2D eigenvalue weighted by Gasteiger charge is -2.45. The minimum atomic E-state index is -2.08. The molecular weight excluding hydrogens is 792 g/mol. The van der Waals surface area contributed by atoms with E-state index in [1.807, 2.05) is 0 Å². The first kappa shape index (κ1) is 42.7. The van der Waals surface area contributed by atoms with Gasteiger partial charge in [0.2, 0.25) is 23.2 Å². The molecule has 3 heterocycles. The summed E-state index contributed by atoms with van der Waals surface area (Å²) in [7, 11) is 2.62. The zero-order valence-corrected chi connectivity index (χ0v) is 30.9. The number of benzene rings is 3. The molecule has 2 aliphatic rings. The molecule has 21 heteroatoms. The lowest BCUT2D eigenvalue weighted by Crippen LogP contribution is -2.65. The zero-order chi connectivity index (χ0) is 42.9. The molecule has 318 valence electrons. The molecule has 0 saturated carbocycles. The van der Waals surface area contributed by atoms with Gasteiger partial charge in [0, 0.05) is 23.8 Å². The lowest BCUT2D eigenvalue weighted by atomic mass is 9.97. The smallest absolute Gasteiger partial charge is 0.330 e. The molecule has 0 spiro atoms. The monoisotopic (exact) mass is 832 g/mol. The van der Waals surface area contributed by atoms with Crippen LogP contribution in [-0.2, 0) is 23.7 Å². The Morgan fingerprint density at radius 1 is 0.763 bits per heavy atom. The number of aliphatic hydroxyl groups is 6. The van der Waals surface area contributed by atoms with Crippen LogP contribution in [0.5, 0.6) is 46.0 Å². The number of ether oxygens (including phenoxy) is 7. The van der Waals surface area contributed by atoms with E-state index in [-0.39, 0.29) is 28.4 Å². The third kappa shape index (κ3) is 8.64. The summed E-state index contributed by atoms with van der Waals surface area (Å²) in [6.45, 7) is -1.66. The van der Waals surface area contributed by atoms with Gasteiger partial charge in [-0.3, -0.25) is 4.79 Å². The Balaban J connectivity index is 1.28. The van der Waals surface area contributed by atoms with Crippen molar-refractivity contribution in [1.29, 1.82) is 0 Å². The molecule has 4 aromatic rings. The second-order valence-corrected chi connectivity index (χ2v) is 13.3. The number of esters is 1. The van der Waals surface area contributed by atoms with Gasteiger partial charge in [0.05, 0.1) is 20.8 Å². The molecule has 0 bridgehead atoms. The Morgan fingerprint density at radius 2 is 1.42 bits per heavy atom. The Morgan fingerprint density at radius 3 is 2.07 bits per heavy atom. The summed E-state index contributed by atoms with van der Waals surface area (Å²) in [4.78, 5) is 26.6. The van der Waals surface area contributed by atoms with Gasteiger partial charge in [0.25, 0.3) is 0 Å². The number of phenolic OH excluding ortho intramolecular Hbond substituents is 5. The summed E-state index contributed by atoms with van der Waals surface area (Å²) in [5, 5.41) is 115. The molecule has 2 fully saturated rings. The first-order valence-corrected chi connectivity index (χ1v) is 17.6. The first-order valence-electron chi connectivity index (χ1n) is 17.6. The van der Waals surface area contributed by atoms with Crippen molar-refractivity contribution in [2.24, 2.45) is 0 Å². The van der Waals surface area contributed by atoms with E-state index in [4.69, 9.17) is 37.6 Å².